The molecule has 2 aromatic rings. The summed E-state index contributed by atoms with van der Waals surface area (Å²) in [7, 11) is 5.31. The molecule has 1 N–H and O–H groups in total. The largest absolute Gasteiger partial charge is 0.481 e. The van der Waals surface area contributed by atoms with Crippen LogP contribution in [0.3, 0.4) is 0 Å². The summed E-state index contributed by atoms with van der Waals surface area (Å²) in [4.78, 5) is 11.0. The number of aryl methyl sites for hydroxylation is 1. The summed E-state index contributed by atoms with van der Waals surface area (Å²) in [6.07, 6.45) is 3.84. The summed E-state index contributed by atoms with van der Waals surface area (Å²) in [5, 5.41) is 7.59. The molecule has 2 aromatic heterocycles. The molecule has 0 bridgehead atoms. The number of morpholine rings is 1. The van der Waals surface area contributed by atoms with Crippen LogP contribution in [-0.2, 0) is 18.3 Å². The van der Waals surface area contributed by atoms with Crippen molar-refractivity contribution in [3.8, 4) is 5.88 Å². The molecule has 0 spiro atoms. The van der Waals surface area contributed by atoms with Crippen molar-refractivity contribution in [3.63, 3.8) is 0 Å². The normalized spacial score (nSPS) is 18.3. The highest BCUT2D eigenvalue weighted by Gasteiger charge is 2.25. The van der Waals surface area contributed by atoms with Crippen LogP contribution in [0, 0.1) is 0 Å². The fourth-order valence-corrected chi connectivity index (χ4v) is 2.82. The Morgan fingerprint density at radius 1 is 1.48 bits per heavy atom. The number of hydrogen-bond donors (Lipinski definition) is 1. The number of pyridine rings is 1. The van der Waals surface area contributed by atoms with Gasteiger partial charge in [-0.05, 0) is 6.07 Å². The standard InChI is InChI=1S/C17H24N6O2/c1-18-17(19-10-14-5-4-6-16(21-14)24-3)23-7-8-25-15(12-23)13-9-20-22(2)11-13/h4-6,9,11,15H,7-8,10,12H2,1-3H3,(H,18,19). The average molecular weight is 344 g/mol. The van der Waals surface area contributed by atoms with E-state index in [1.165, 1.54) is 0 Å². The Bertz CT molecular complexity index is 729. The second-order valence-corrected chi connectivity index (χ2v) is 5.82. The molecule has 25 heavy (non-hydrogen) atoms. The van der Waals surface area contributed by atoms with Crippen LogP contribution in [0.4, 0.5) is 0 Å². The highest BCUT2D eigenvalue weighted by atomic mass is 16.5. The molecule has 1 fully saturated rings. The number of hydrogen-bond acceptors (Lipinski definition) is 5. The minimum atomic E-state index is -0.00376. The first kappa shape index (κ1) is 17.2. The van der Waals surface area contributed by atoms with Gasteiger partial charge in [0, 0.05) is 38.5 Å². The number of guanidine groups is 1. The van der Waals surface area contributed by atoms with Crippen LogP contribution in [-0.4, -0.2) is 59.5 Å². The predicted octanol–water partition coefficient (Wildman–Crippen LogP) is 0.973. The first-order valence-electron chi connectivity index (χ1n) is 8.25. The molecular weight excluding hydrogens is 320 g/mol. The van der Waals surface area contributed by atoms with Crippen molar-refractivity contribution in [2.45, 2.75) is 12.6 Å². The van der Waals surface area contributed by atoms with E-state index in [9.17, 15) is 0 Å². The van der Waals surface area contributed by atoms with Crippen molar-refractivity contribution in [3.05, 3.63) is 41.9 Å². The van der Waals surface area contributed by atoms with Gasteiger partial charge in [0.15, 0.2) is 5.96 Å². The molecular formula is C17H24N6O2. The molecule has 1 atom stereocenters. The second kappa shape index (κ2) is 7.98. The van der Waals surface area contributed by atoms with Gasteiger partial charge in [-0.2, -0.15) is 5.10 Å². The van der Waals surface area contributed by atoms with Crippen molar-refractivity contribution >= 4 is 5.96 Å². The van der Waals surface area contributed by atoms with Gasteiger partial charge in [0.05, 0.1) is 38.7 Å². The van der Waals surface area contributed by atoms with Crippen molar-refractivity contribution in [1.82, 2.24) is 25.0 Å². The van der Waals surface area contributed by atoms with Gasteiger partial charge >= 0.3 is 0 Å². The lowest BCUT2D eigenvalue weighted by atomic mass is 10.1. The minimum Gasteiger partial charge on any atom is -0.481 e. The third-order valence-electron chi connectivity index (χ3n) is 4.09. The summed E-state index contributed by atoms with van der Waals surface area (Å²) < 4.78 is 12.8. The van der Waals surface area contributed by atoms with E-state index >= 15 is 0 Å². The summed E-state index contributed by atoms with van der Waals surface area (Å²) in [5.41, 5.74) is 1.98. The van der Waals surface area contributed by atoms with E-state index in [4.69, 9.17) is 9.47 Å². The Balaban J connectivity index is 1.62. The second-order valence-electron chi connectivity index (χ2n) is 5.82. The van der Waals surface area contributed by atoms with E-state index in [0.29, 0.717) is 19.0 Å². The Hall–Kier alpha value is -2.61. The molecule has 8 nitrogen and oxygen atoms in total. The summed E-state index contributed by atoms with van der Waals surface area (Å²) in [6.45, 7) is 2.76. The van der Waals surface area contributed by atoms with Gasteiger partial charge in [-0.25, -0.2) is 4.98 Å². The smallest absolute Gasteiger partial charge is 0.213 e. The molecule has 0 aliphatic carbocycles. The molecule has 3 rings (SSSR count). The first-order valence-corrected chi connectivity index (χ1v) is 8.25. The molecule has 134 valence electrons. The van der Waals surface area contributed by atoms with Crippen LogP contribution >= 0.6 is 0 Å². The van der Waals surface area contributed by atoms with Crippen LogP contribution in [0.1, 0.15) is 17.4 Å². The van der Waals surface area contributed by atoms with Crippen molar-refractivity contribution in [2.24, 2.45) is 12.0 Å². The number of nitrogens with zero attached hydrogens (tertiary/aromatic N) is 5. The van der Waals surface area contributed by atoms with Crippen LogP contribution in [0.2, 0.25) is 0 Å². The van der Waals surface area contributed by atoms with E-state index in [1.807, 2.05) is 37.6 Å². The zero-order valence-corrected chi connectivity index (χ0v) is 14.8. The number of aliphatic imine (C=N–C) groups is 1. The lowest BCUT2D eigenvalue weighted by Gasteiger charge is -2.34. The predicted molar refractivity (Wildman–Crippen MR) is 94.5 cm³/mol. The molecule has 0 amide bonds. The summed E-state index contributed by atoms with van der Waals surface area (Å²) in [6, 6.07) is 5.72. The van der Waals surface area contributed by atoms with E-state index in [-0.39, 0.29) is 6.10 Å². The van der Waals surface area contributed by atoms with Gasteiger partial charge in [0.25, 0.3) is 0 Å². The van der Waals surface area contributed by atoms with Gasteiger partial charge < -0.3 is 19.7 Å². The summed E-state index contributed by atoms with van der Waals surface area (Å²) >= 11 is 0. The Labute approximate surface area is 147 Å². The maximum Gasteiger partial charge on any atom is 0.213 e. The maximum absolute atomic E-state index is 5.89. The highest BCUT2D eigenvalue weighted by Crippen LogP contribution is 2.21. The molecule has 1 saturated heterocycles. The highest BCUT2D eigenvalue weighted by molar-refractivity contribution is 5.80. The molecule has 0 aromatic carbocycles. The fraction of sp³-hybridized carbons (Fsp3) is 0.471. The quantitative estimate of drug-likeness (QED) is 0.658. The van der Waals surface area contributed by atoms with Gasteiger partial charge in [-0.3, -0.25) is 9.67 Å². The summed E-state index contributed by atoms with van der Waals surface area (Å²) in [5.74, 6) is 1.44. The lowest BCUT2D eigenvalue weighted by molar-refractivity contribution is -0.00805. The Morgan fingerprint density at radius 2 is 2.36 bits per heavy atom. The molecule has 8 heteroatoms. The molecule has 0 saturated carbocycles. The first-order chi connectivity index (χ1) is 12.2. The molecule has 1 aliphatic rings. The van der Waals surface area contributed by atoms with Gasteiger partial charge in [-0.15, -0.1) is 0 Å². The lowest BCUT2D eigenvalue weighted by Crippen LogP contribution is -2.48. The van der Waals surface area contributed by atoms with E-state index in [2.05, 4.69) is 25.3 Å². The number of aromatic nitrogens is 3. The van der Waals surface area contributed by atoms with Crippen LogP contribution in [0.5, 0.6) is 5.88 Å². The van der Waals surface area contributed by atoms with Gasteiger partial charge in [-0.1, -0.05) is 6.07 Å². The number of rotatable bonds is 4. The van der Waals surface area contributed by atoms with Crippen LogP contribution in [0.15, 0.2) is 35.6 Å². The average Bonchev–Trinajstić information content (AvgIpc) is 3.09. The van der Waals surface area contributed by atoms with E-state index in [0.717, 1.165) is 30.3 Å². The monoisotopic (exact) mass is 344 g/mol. The third-order valence-corrected chi connectivity index (χ3v) is 4.09. The topological polar surface area (TPSA) is 76.8 Å². The Morgan fingerprint density at radius 3 is 3.08 bits per heavy atom. The van der Waals surface area contributed by atoms with E-state index < -0.39 is 0 Å². The SMILES string of the molecule is CN=C(NCc1cccc(OC)n1)N1CCOC(c2cnn(C)c2)C1. The number of nitrogens with one attached hydrogen (secondary N) is 1. The van der Waals surface area contributed by atoms with Gasteiger partial charge in [0.2, 0.25) is 5.88 Å². The molecule has 1 aliphatic heterocycles. The number of methoxy groups -OCH3 is 1. The maximum atomic E-state index is 5.89. The van der Waals surface area contributed by atoms with E-state index in [1.54, 1.807) is 18.8 Å². The molecule has 3 heterocycles. The van der Waals surface area contributed by atoms with Crippen LogP contribution in [0.25, 0.3) is 0 Å². The van der Waals surface area contributed by atoms with Crippen molar-refractivity contribution in [1.29, 1.82) is 0 Å². The zero-order chi connectivity index (χ0) is 17.6. The van der Waals surface area contributed by atoms with Crippen molar-refractivity contribution in [2.75, 3.05) is 33.9 Å². The van der Waals surface area contributed by atoms with Crippen molar-refractivity contribution < 1.29 is 9.47 Å². The zero-order valence-electron chi connectivity index (χ0n) is 14.8. The van der Waals surface area contributed by atoms with Crippen LogP contribution < -0.4 is 10.1 Å². The third kappa shape index (κ3) is 4.27. The minimum absolute atomic E-state index is 0.00376. The molecule has 1 unspecified atom stereocenters. The molecule has 0 radical (unpaired) electrons. The van der Waals surface area contributed by atoms with Gasteiger partial charge in [0.1, 0.15) is 6.10 Å². The fourth-order valence-electron chi connectivity index (χ4n) is 2.82. The Kier molecular flexibility index (Phi) is 5.49. The number of ether oxygens (including phenoxy) is 2.